The van der Waals surface area contributed by atoms with E-state index in [1.165, 1.54) is 32.8 Å². The molecule has 0 amide bonds. The minimum Gasteiger partial charge on any atom is -0.316 e. The predicted octanol–water partition coefficient (Wildman–Crippen LogP) is 12.3. The lowest BCUT2D eigenvalue weighted by Gasteiger charge is -2.12. The molecule has 9 aromatic rings. The molecule has 0 saturated heterocycles. The van der Waals surface area contributed by atoms with Crippen molar-refractivity contribution in [2.24, 2.45) is 0 Å². The number of fused-ring (bicyclic) bond motifs is 5. The van der Waals surface area contributed by atoms with Gasteiger partial charge in [-0.3, -0.25) is 0 Å². The molecule has 0 bridgehead atoms. The van der Waals surface area contributed by atoms with Gasteiger partial charge in [0.1, 0.15) is 0 Å². The third kappa shape index (κ3) is 5.82. The van der Waals surface area contributed by atoms with E-state index in [-0.39, 0.29) is 0 Å². The Morgan fingerprint density at radius 2 is 1.15 bits per heavy atom. The van der Waals surface area contributed by atoms with Crippen molar-refractivity contribution in [3.8, 4) is 45.5 Å². The number of benzene rings is 6. The van der Waals surface area contributed by atoms with Crippen LogP contribution in [0.1, 0.15) is 25.8 Å². The molecule has 0 spiro atoms. The SMILES string of the molecule is C/C=C\C(=C/CC)c1ccc2c(c1)c1ccc3c(ccn3-c3ccccc3)c1n2-c1cccc(-c2nc(-c3ccccc3)nc(-c3ccccc3)n2)c1. The molecule has 0 aliphatic carbocycles. The lowest BCUT2D eigenvalue weighted by atomic mass is 10.0. The third-order valence-corrected chi connectivity index (χ3v) is 9.80. The van der Waals surface area contributed by atoms with Crippen LogP contribution in [0.4, 0.5) is 0 Å². The predicted molar refractivity (Wildman–Crippen MR) is 220 cm³/mol. The quantitative estimate of drug-likeness (QED) is 0.150. The van der Waals surface area contributed by atoms with Gasteiger partial charge in [0.15, 0.2) is 17.5 Å². The summed E-state index contributed by atoms with van der Waals surface area (Å²) >= 11 is 0. The summed E-state index contributed by atoms with van der Waals surface area (Å²) in [5.41, 5.74) is 10.9. The van der Waals surface area contributed by atoms with Gasteiger partial charge in [0.05, 0.1) is 16.6 Å². The Kier molecular flexibility index (Phi) is 8.29. The highest BCUT2D eigenvalue weighted by molar-refractivity contribution is 6.19. The molecule has 5 nitrogen and oxygen atoms in total. The summed E-state index contributed by atoms with van der Waals surface area (Å²) in [7, 11) is 0. The van der Waals surface area contributed by atoms with Gasteiger partial charge < -0.3 is 9.13 Å². The number of para-hydroxylation sites is 1. The summed E-state index contributed by atoms with van der Waals surface area (Å²) in [6, 6.07) is 53.0. The van der Waals surface area contributed by atoms with Gasteiger partial charge in [-0.1, -0.05) is 128 Å². The summed E-state index contributed by atoms with van der Waals surface area (Å²) in [6.07, 6.45) is 9.76. The van der Waals surface area contributed by atoms with Crippen LogP contribution in [0.3, 0.4) is 0 Å². The van der Waals surface area contributed by atoms with Crippen molar-refractivity contribution in [1.29, 1.82) is 0 Å². The molecule has 9 rings (SSSR count). The number of nitrogens with zero attached hydrogens (tertiary/aromatic N) is 5. The molecular formula is C48H37N5. The molecule has 254 valence electrons. The Balaban J connectivity index is 1.29. The molecule has 0 aliphatic rings. The maximum absolute atomic E-state index is 5.05. The molecule has 3 aromatic heterocycles. The van der Waals surface area contributed by atoms with Crippen LogP contribution >= 0.6 is 0 Å². The van der Waals surface area contributed by atoms with Crippen LogP contribution in [0.25, 0.3) is 83.8 Å². The van der Waals surface area contributed by atoms with Gasteiger partial charge in [0.2, 0.25) is 0 Å². The highest BCUT2D eigenvalue weighted by atomic mass is 15.0. The van der Waals surface area contributed by atoms with Crippen LogP contribution in [-0.4, -0.2) is 24.1 Å². The normalized spacial score (nSPS) is 12.1. The summed E-state index contributed by atoms with van der Waals surface area (Å²) in [4.78, 5) is 15.0. The molecule has 0 atom stereocenters. The molecule has 3 heterocycles. The number of hydrogen-bond donors (Lipinski definition) is 0. The van der Waals surface area contributed by atoms with Crippen molar-refractivity contribution in [1.82, 2.24) is 24.1 Å². The van der Waals surface area contributed by atoms with E-state index >= 15 is 0 Å². The summed E-state index contributed by atoms with van der Waals surface area (Å²) in [5, 5.41) is 3.60. The first-order valence-electron chi connectivity index (χ1n) is 18.1. The molecule has 0 unspecified atom stereocenters. The van der Waals surface area contributed by atoms with Gasteiger partial charge in [0, 0.05) is 50.4 Å². The zero-order valence-electron chi connectivity index (χ0n) is 29.7. The van der Waals surface area contributed by atoms with E-state index in [0.717, 1.165) is 45.5 Å². The van der Waals surface area contributed by atoms with Crippen molar-refractivity contribution in [2.75, 3.05) is 0 Å². The second-order valence-corrected chi connectivity index (χ2v) is 13.1. The second kappa shape index (κ2) is 13.7. The fraction of sp³-hybridized carbons (Fsp3) is 0.0625. The Labute approximate surface area is 308 Å². The molecule has 6 aromatic carbocycles. The summed E-state index contributed by atoms with van der Waals surface area (Å²) < 4.78 is 4.68. The number of hydrogen-bond acceptors (Lipinski definition) is 3. The van der Waals surface area contributed by atoms with Crippen molar-refractivity contribution in [3.05, 3.63) is 182 Å². The first kappa shape index (κ1) is 32.1. The topological polar surface area (TPSA) is 48.5 Å². The smallest absolute Gasteiger partial charge is 0.164 e. The van der Waals surface area contributed by atoms with E-state index in [1.54, 1.807) is 0 Å². The zero-order chi connectivity index (χ0) is 35.7. The van der Waals surface area contributed by atoms with Crippen LogP contribution in [-0.2, 0) is 0 Å². The van der Waals surface area contributed by atoms with Crippen LogP contribution in [0.2, 0.25) is 0 Å². The van der Waals surface area contributed by atoms with Crippen molar-refractivity contribution < 1.29 is 0 Å². The van der Waals surface area contributed by atoms with Crippen LogP contribution in [0.15, 0.2) is 176 Å². The molecule has 0 saturated carbocycles. The Morgan fingerprint density at radius 1 is 0.547 bits per heavy atom. The minimum atomic E-state index is 0.628. The molecule has 0 aliphatic heterocycles. The first-order valence-corrected chi connectivity index (χ1v) is 18.1. The molecule has 0 N–H and O–H groups in total. The summed E-state index contributed by atoms with van der Waals surface area (Å²) in [5.74, 6) is 1.92. The lowest BCUT2D eigenvalue weighted by Crippen LogP contribution is -2.01. The van der Waals surface area contributed by atoms with Crippen molar-refractivity contribution in [3.63, 3.8) is 0 Å². The van der Waals surface area contributed by atoms with E-state index in [0.29, 0.717) is 17.5 Å². The monoisotopic (exact) mass is 683 g/mol. The van der Waals surface area contributed by atoms with Crippen LogP contribution in [0.5, 0.6) is 0 Å². The van der Waals surface area contributed by atoms with Crippen LogP contribution in [0, 0.1) is 0 Å². The number of rotatable bonds is 8. The fourth-order valence-electron chi connectivity index (χ4n) is 7.39. The Bertz CT molecular complexity index is 2750. The van der Waals surface area contributed by atoms with E-state index in [2.05, 4.69) is 138 Å². The molecule has 53 heavy (non-hydrogen) atoms. The average molecular weight is 684 g/mol. The first-order chi connectivity index (χ1) is 26.2. The Hall–Kier alpha value is -6.85. The Morgan fingerprint density at radius 3 is 1.81 bits per heavy atom. The zero-order valence-corrected chi connectivity index (χ0v) is 29.7. The average Bonchev–Trinajstić information content (AvgIpc) is 3.81. The maximum Gasteiger partial charge on any atom is 0.164 e. The standard InChI is InChI=1S/C48H37N5/c1-3-15-33(16-4-2)36-25-27-44-42(32-36)40-26-28-43-41(29-30-52(43)38-22-12-7-13-23-38)45(40)53(44)39-24-14-21-37(31-39)48-50-46(34-17-8-5-9-18-34)49-47(51-48)35-19-10-6-11-20-35/h3,5-32H,4H2,1-2H3/b15-3-,33-16+. The summed E-state index contributed by atoms with van der Waals surface area (Å²) in [6.45, 7) is 4.26. The third-order valence-electron chi connectivity index (χ3n) is 9.80. The number of allylic oxidation sites excluding steroid dienone is 4. The van der Waals surface area contributed by atoms with Gasteiger partial charge in [-0.2, -0.15) is 0 Å². The van der Waals surface area contributed by atoms with E-state index in [4.69, 9.17) is 15.0 Å². The van der Waals surface area contributed by atoms with E-state index in [1.807, 2.05) is 60.7 Å². The molecule has 5 heteroatoms. The molecular weight excluding hydrogens is 647 g/mol. The van der Waals surface area contributed by atoms with Crippen molar-refractivity contribution >= 4 is 38.3 Å². The van der Waals surface area contributed by atoms with Gasteiger partial charge >= 0.3 is 0 Å². The highest BCUT2D eigenvalue weighted by Gasteiger charge is 2.19. The van der Waals surface area contributed by atoms with Crippen LogP contribution < -0.4 is 0 Å². The second-order valence-electron chi connectivity index (χ2n) is 13.1. The lowest BCUT2D eigenvalue weighted by molar-refractivity contribution is 1.07. The van der Waals surface area contributed by atoms with E-state index < -0.39 is 0 Å². The van der Waals surface area contributed by atoms with Gasteiger partial charge in [0.25, 0.3) is 0 Å². The minimum absolute atomic E-state index is 0.628. The number of aromatic nitrogens is 5. The molecule has 0 radical (unpaired) electrons. The van der Waals surface area contributed by atoms with Gasteiger partial charge in [-0.15, -0.1) is 0 Å². The molecule has 0 fully saturated rings. The van der Waals surface area contributed by atoms with E-state index in [9.17, 15) is 0 Å². The highest BCUT2D eigenvalue weighted by Crippen LogP contribution is 2.39. The largest absolute Gasteiger partial charge is 0.316 e. The maximum atomic E-state index is 5.05. The van der Waals surface area contributed by atoms with Gasteiger partial charge in [-0.05, 0) is 73.0 Å². The van der Waals surface area contributed by atoms with Gasteiger partial charge in [-0.25, -0.2) is 15.0 Å². The van der Waals surface area contributed by atoms with Crippen molar-refractivity contribution in [2.45, 2.75) is 20.3 Å². The fourth-order valence-corrected chi connectivity index (χ4v) is 7.39.